The van der Waals surface area contributed by atoms with Crippen LogP contribution >= 0.6 is 11.6 Å². The first-order chi connectivity index (χ1) is 6.99. The molecule has 84 valence electrons. The zero-order chi connectivity index (χ0) is 11.6. The Morgan fingerprint density at radius 2 is 2.07 bits per heavy atom. The molecule has 6 heteroatoms. The van der Waals surface area contributed by atoms with Gasteiger partial charge in [-0.15, -0.1) is 0 Å². The fourth-order valence-corrected chi connectivity index (χ4v) is 1.35. The van der Waals surface area contributed by atoms with Gasteiger partial charge in [-0.1, -0.05) is 11.6 Å². The highest BCUT2D eigenvalue weighted by molar-refractivity contribution is 6.32. The van der Waals surface area contributed by atoms with Crippen LogP contribution in [-0.2, 0) is 0 Å². The number of alkyl halides is 2. The van der Waals surface area contributed by atoms with Gasteiger partial charge in [0.05, 0.1) is 23.7 Å². The third-order valence-corrected chi connectivity index (χ3v) is 2.26. The Morgan fingerprint density at radius 3 is 2.53 bits per heavy atom. The molecule has 0 saturated carbocycles. The van der Waals surface area contributed by atoms with Crippen LogP contribution in [0, 0.1) is 0 Å². The fourth-order valence-electron chi connectivity index (χ4n) is 1.19. The molecule has 1 aromatic rings. The molecule has 0 aliphatic heterocycles. The highest BCUT2D eigenvalue weighted by Gasteiger charge is 2.25. The van der Waals surface area contributed by atoms with E-state index in [9.17, 15) is 13.9 Å². The van der Waals surface area contributed by atoms with E-state index in [2.05, 4.69) is 0 Å². The number of nitrogens with two attached hydrogens (primary N) is 1. The van der Waals surface area contributed by atoms with Crippen LogP contribution in [0.3, 0.4) is 0 Å². The third-order valence-electron chi connectivity index (χ3n) is 1.95. The van der Waals surface area contributed by atoms with Crippen molar-refractivity contribution < 1.29 is 18.6 Å². The van der Waals surface area contributed by atoms with E-state index in [0.717, 1.165) is 0 Å². The Bertz CT molecular complexity index is 360. The van der Waals surface area contributed by atoms with Crippen molar-refractivity contribution in [3.63, 3.8) is 0 Å². The number of benzene rings is 1. The van der Waals surface area contributed by atoms with Crippen molar-refractivity contribution >= 4 is 11.6 Å². The summed E-state index contributed by atoms with van der Waals surface area (Å²) in [5, 5.41) is 9.46. The predicted molar refractivity (Wildman–Crippen MR) is 52.6 cm³/mol. The summed E-state index contributed by atoms with van der Waals surface area (Å²) in [7, 11) is 1.30. The first kappa shape index (κ1) is 12.0. The number of phenolic OH excluding ortho intramolecular Hbond substituents is 1. The second-order valence-electron chi connectivity index (χ2n) is 2.87. The molecule has 0 heterocycles. The topological polar surface area (TPSA) is 55.5 Å². The minimum absolute atomic E-state index is 0.0399. The number of rotatable bonds is 3. The zero-order valence-electron chi connectivity index (χ0n) is 7.88. The van der Waals surface area contributed by atoms with Crippen molar-refractivity contribution in [2.45, 2.75) is 12.5 Å². The van der Waals surface area contributed by atoms with Crippen molar-refractivity contribution in [1.29, 1.82) is 0 Å². The van der Waals surface area contributed by atoms with Gasteiger partial charge >= 0.3 is 0 Å². The van der Waals surface area contributed by atoms with Crippen LogP contribution in [0.25, 0.3) is 0 Å². The molecule has 15 heavy (non-hydrogen) atoms. The molecule has 0 bridgehead atoms. The molecule has 0 aliphatic carbocycles. The van der Waals surface area contributed by atoms with E-state index in [-0.39, 0.29) is 16.3 Å². The second kappa shape index (κ2) is 4.63. The Labute approximate surface area is 90.4 Å². The molecular weight excluding hydrogens is 228 g/mol. The van der Waals surface area contributed by atoms with Crippen LogP contribution in [0.15, 0.2) is 12.1 Å². The lowest BCUT2D eigenvalue weighted by Crippen LogP contribution is -2.20. The summed E-state index contributed by atoms with van der Waals surface area (Å²) in [5.74, 6) is -0.381. The van der Waals surface area contributed by atoms with Gasteiger partial charge in [-0.3, -0.25) is 0 Å². The van der Waals surface area contributed by atoms with E-state index in [4.69, 9.17) is 22.1 Å². The molecule has 0 unspecified atom stereocenters. The lowest BCUT2D eigenvalue weighted by Gasteiger charge is -2.16. The maximum absolute atomic E-state index is 12.4. The highest BCUT2D eigenvalue weighted by atomic mass is 35.5. The van der Waals surface area contributed by atoms with Crippen LogP contribution < -0.4 is 10.5 Å². The van der Waals surface area contributed by atoms with Gasteiger partial charge in [0.2, 0.25) is 0 Å². The van der Waals surface area contributed by atoms with E-state index in [1.165, 1.54) is 19.2 Å². The van der Waals surface area contributed by atoms with E-state index >= 15 is 0 Å². The monoisotopic (exact) mass is 237 g/mol. The average Bonchev–Trinajstić information content (AvgIpc) is 2.20. The van der Waals surface area contributed by atoms with Gasteiger partial charge in [-0.25, -0.2) is 8.78 Å². The Morgan fingerprint density at radius 1 is 1.47 bits per heavy atom. The number of aromatic hydroxyl groups is 1. The molecule has 0 fully saturated rings. The van der Waals surface area contributed by atoms with Crippen molar-refractivity contribution in [3.8, 4) is 11.5 Å². The molecule has 1 rings (SSSR count). The lowest BCUT2D eigenvalue weighted by molar-refractivity contribution is 0.114. The van der Waals surface area contributed by atoms with Gasteiger partial charge in [-0.05, 0) is 12.1 Å². The molecule has 0 amide bonds. The molecule has 3 nitrogen and oxygen atoms in total. The van der Waals surface area contributed by atoms with Crippen molar-refractivity contribution in [2.24, 2.45) is 5.73 Å². The van der Waals surface area contributed by atoms with Crippen LogP contribution in [-0.4, -0.2) is 18.6 Å². The number of halogens is 3. The number of phenols is 1. The average molecular weight is 238 g/mol. The van der Waals surface area contributed by atoms with E-state index in [0.29, 0.717) is 0 Å². The van der Waals surface area contributed by atoms with Crippen LogP contribution in [0.1, 0.15) is 11.6 Å². The summed E-state index contributed by atoms with van der Waals surface area (Å²) in [4.78, 5) is 0. The number of hydrogen-bond donors (Lipinski definition) is 2. The fraction of sp³-hybridized carbons (Fsp3) is 0.333. The van der Waals surface area contributed by atoms with Crippen molar-refractivity contribution in [1.82, 2.24) is 0 Å². The van der Waals surface area contributed by atoms with Gasteiger partial charge in [0.25, 0.3) is 6.43 Å². The van der Waals surface area contributed by atoms with Crippen molar-refractivity contribution in [2.75, 3.05) is 7.11 Å². The maximum Gasteiger partial charge on any atom is 0.257 e. The Kier molecular flexibility index (Phi) is 3.71. The number of ether oxygens (including phenoxy) is 1. The molecule has 0 aliphatic rings. The molecule has 0 aromatic heterocycles. The third kappa shape index (κ3) is 2.30. The number of methoxy groups -OCH3 is 1. The van der Waals surface area contributed by atoms with E-state index in [1.54, 1.807) is 0 Å². The standard InChI is InChI=1S/C9H10ClF2NO2/c1-15-5-3-2-4(10)8(14)6(5)7(13)9(11)12/h2-3,7,9,14H,13H2,1H3/t7-/m1/s1. The molecule has 0 spiro atoms. The smallest absolute Gasteiger partial charge is 0.257 e. The summed E-state index contributed by atoms with van der Waals surface area (Å²) >= 11 is 5.59. The predicted octanol–water partition coefficient (Wildman–Crippen LogP) is 2.32. The summed E-state index contributed by atoms with van der Waals surface area (Å²) in [5.41, 5.74) is 5.05. The molecular formula is C9H10ClF2NO2. The largest absolute Gasteiger partial charge is 0.506 e. The van der Waals surface area contributed by atoms with Gasteiger partial charge < -0.3 is 15.6 Å². The van der Waals surface area contributed by atoms with Crippen LogP contribution in [0.5, 0.6) is 11.5 Å². The molecule has 0 saturated heterocycles. The summed E-state index contributed by atoms with van der Waals surface area (Å²) in [6, 6.07) is 1.09. The maximum atomic E-state index is 12.4. The van der Waals surface area contributed by atoms with Crippen LogP contribution in [0.2, 0.25) is 5.02 Å². The Hall–Kier alpha value is -1.07. The molecule has 1 atom stereocenters. The minimum Gasteiger partial charge on any atom is -0.506 e. The first-order valence-electron chi connectivity index (χ1n) is 4.08. The van der Waals surface area contributed by atoms with E-state index in [1.807, 2.05) is 0 Å². The van der Waals surface area contributed by atoms with Crippen molar-refractivity contribution in [3.05, 3.63) is 22.7 Å². The molecule has 1 aromatic carbocycles. The minimum atomic E-state index is -2.80. The summed E-state index contributed by atoms with van der Waals surface area (Å²) < 4.78 is 29.6. The van der Waals surface area contributed by atoms with Gasteiger partial charge in [0, 0.05) is 0 Å². The molecule has 0 radical (unpaired) electrons. The zero-order valence-corrected chi connectivity index (χ0v) is 8.63. The summed E-state index contributed by atoms with van der Waals surface area (Å²) in [6.07, 6.45) is -2.80. The Balaban J connectivity index is 3.29. The quantitative estimate of drug-likeness (QED) is 0.848. The van der Waals surface area contributed by atoms with E-state index < -0.39 is 18.2 Å². The molecule has 3 N–H and O–H groups in total. The first-order valence-corrected chi connectivity index (χ1v) is 4.46. The lowest BCUT2D eigenvalue weighted by atomic mass is 10.1. The van der Waals surface area contributed by atoms with Gasteiger partial charge in [0.1, 0.15) is 11.5 Å². The SMILES string of the molecule is COc1ccc(Cl)c(O)c1[C@@H](N)C(F)F. The number of hydrogen-bond acceptors (Lipinski definition) is 3. The van der Waals surface area contributed by atoms with Gasteiger partial charge in [-0.2, -0.15) is 0 Å². The summed E-state index contributed by atoms with van der Waals surface area (Å²) in [6.45, 7) is 0. The second-order valence-corrected chi connectivity index (χ2v) is 3.28. The van der Waals surface area contributed by atoms with Crippen LogP contribution in [0.4, 0.5) is 8.78 Å². The van der Waals surface area contributed by atoms with Gasteiger partial charge in [0.15, 0.2) is 0 Å². The normalized spacial score (nSPS) is 12.9. The highest BCUT2D eigenvalue weighted by Crippen LogP contribution is 2.39.